The number of carbonyl (C=O) groups is 1. The SMILES string of the molecule is CCCCCCCCc1ccc(C(N)=O)c(Cc2ccc(S(=O)(=O)CCC)cc2)c1C(F)(F)F. The van der Waals surface area contributed by atoms with Gasteiger partial charge in [-0.25, -0.2) is 8.42 Å². The lowest BCUT2D eigenvalue weighted by atomic mass is 9.88. The van der Waals surface area contributed by atoms with Gasteiger partial charge in [-0.2, -0.15) is 13.2 Å². The van der Waals surface area contributed by atoms with Crippen molar-refractivity contribution in [3.05, 3.63) is 64.2 Å². The number of halogens is 3. The van der Waals surface area contributed by atoms with Crippen LogP contribution in [0.4, 0.5) is 13.2 Å². The molecule has 34 heavy (non-hydrogen) atoms. The van der Waals surface area contributed by atoms with Crippen LogP contribution >= 0.6 is 0 Å². The van der Waals surface area contributed by atoms with Crippen LogP contribution in [-0.2, 0) is 28.9 Å². The molecule has 0 aliphatic heterocycles. The predicted octanol–water partition coefficient (Wildman–Crippen LogP) is 6.48. The van der Waals surface area contributed by atoms with Gasteiger partial charge in [0.2, 0.25) is 5.91 Å². The molecule has 8 heteroatoms. The largest absolute Gasteiger partial charge is 0.416 e. The number of nitrogens with two attached hydrogens (primary N) is 1. The summed E-state index contributed by atoms with van der Waals surface area (Å²) < 4.78 is 67.1. The highest BCUT2D eigenvalue weighted by Gasteiger charge is 2.37. The molecule has 0 atom stereocenters. The lowest BCUT2D eigenvalue weighted by molar-refractivity contribution is -0.138. The molecule has 0 aliphatic rings. The number of primary amides is 1. The van der Waals surface area contributed by atoms with Crippen LogP contribution in [-0.4, -0.2) is 20.1 Å². The molecule has 2 aromatic rings. The van der Waals surface area contributed by atoms with Crippen molar-refractivity contribution in [2.45, 2.75) is 82.7 Å². The Bertz CT molecular complexity index is 1060. The summed E-state index contributed by atoms with van der Waals surface area (Å²) in [6.45, 7) is 3.86. The Morgan fingerprint density at radius 2 is 1.50 bits per heavy atom. The van der Waals surface area contributed by atoms with Gasteiger partial charge in [-0.3, -0.25) is 4.79 Å². The van der Waals surface area contributed by atoms with Crippen LogP contribution < -0.4 is 5.73 Å². The third kappa shape index (κ3) is 7.58. The fourth-order valence-corrected chi connectivity index (χ4v) is 5.50. The van der Waals surface area contributed by atoms with Gasteiger partial charge in [0, 0.05) is 5.56 Å². The van der Waals surface area contributed by atoms with Crippen molar-refractivity contribution in [2.24, 2.45) is 5.73 Å². The van der Waals surface area contributed by atoms with Crippen molar-refractivity contribution >= 4 is 15.7 Å². The molecular weight excluding hydrogens is 463 g/mol. The summed E-state index contributed by atoms with van der Waals surface area (Å²) in [4.78, 5) is 12.1. The molecule has 0 bridgehead atoms. The van der Waals surface area contributed by atoms with E-state index >= 15 is 0 Å². The second kappa shape index (κ2) is 12.4. The van der Waals surface area contributed by atoms with Crippen molar-refractivity contribution in [1.82, 2.24) is 0 Å². The summed E-state index contributed by atoms with van der Waals surface area (Å²) in [5.41, 5.74) is 4.93. The van der Waals surface area contributed by atoms with Gasteiger partial charge < -0.3 is 5.73 Å². The Hall–Kier alpha value is -2.35. The molecule has 0 radical (unpaired) electrons. The predicted molar refractivity (Wildman–Crippen MR) is 129 cm³/mol. The van der Waals surface area contributed by atoms with E-state index in [1.54, 1.807) is 6.92 Å². The molecule has 0 spiro atoms. The van der Waals surface area contributed by atoms with Gasteiger partial charge in [-0.05, 0) is 60.6 Å². The minimum atomic E-state index is -4.65. The van der Waals surface area contributed by atoms with Gasteiger partial charge in [0.05, 0.1) is 16.2 Å². The topological polar surface area (TPSA) is 77.2 Å². The van der Waals surface area contributed by atoms with E-state index in [4.69, 9.17) is 5.73 Å². The van der Waals surface area contributed by atoms with E-state index in [0.717, 1.165) is 32.1 Å². The average Bonchev–Trinajstić information content (AvgIpc) is 2.75. The summed E-state index contributed by atoms with van der Waals surface area (Å²) in [7, 11) is -3.43. The monoisotopic (exact) mass is 497 g/mol. The van der Waals surface area contributed by atoms with Crippen LogP contribution in [0.3, 0.4) is 0 Å². The smallest absolute Gasteiger partial charge is 0.366 e. The molecule has 0 aromatic heterocycles. The number of amides is 1. The highest BCUT2D eigenvalue weighted by Crippen LogP contribution is 2.38. The zero-order valence-corrected chi connectivity index (χ0v) is 20.7. The Labute approximate surface area is 200 Å². The Kier molecular flexibility index (Phi) is 10.2. The fourth-order valence-electron chi connectivity index (χ4n) is 4.17. The first kappa shape index (κ1) is 27.9. The molecule has 0 aliphatic carbocycles. The van der Waals surface area contributed by atoms with E-state index < -0.39 is 27.5 Å². The highest BCUT2D eigenvalue weighted by molar-refractivity contribution is 7.91. The minimum Gasteiger partial charge on any atom is -0.366 e. The first-order valence-electron chi connectivity index (χ1n) is 11.8. The van der Waals surface area contributed by atoms with Gasteiger partial charge in [0.15, 0.2) is 9.84 Å². The molecule has 188 valence electrons. The van der Waals surface area contributed by atoms with E-state index in [-0.39, 0.29) is 40.2 Å². The molecule has 0 unspecified atom stereocenters. The first-order chi connectivity index (χ1) is 16.0. The van der Waals surface area contributed by atoms with Crippen molar-refractivity contribution < 1.29 is 26.4 Å². The van der Waals surface area contributed by atoms with Crippen LogP contribution in [0.15, 0.2) is 41.3 Å². The Morgan fingerprint density at radius 1 is 0.882 bits per heavy atom. The number of alkyl halides is 3. The second-order valence-electron chi connectivity index (χ2n) is 8.65. The average molecular weight is 498 g/mol. The summed E-state index contributed by atoms with van der Waals surface area (Å²) in [6, 6.07) is 8.52. The maximum Gasteiger partial charge on any atom is 0.416 e. The lowest BCUT2D eigenvalue weighted by Gasteiger charge is -2.20. The van der Waals surface area contributed by atoms with Gasteiger partial charge >= 0.3 is 6.18 Å². The molecule has 1 amide bonds. The van der Waals surface area contributed by atoms with E-state index in [1.807, 2.05) is 0 Å². The van der Waals surface area contributed by atoms with Crippen molar-refractivity contribution in [2.75, 3.05) is 5.75 Å². The third-order valence-electron chi connectivity index (χ3n) is 5.88. The molecule has 2 rings (SSSR count). The molecule has 0 saturated carbocycles. The standard InChI is InChI=1S/C26H34F3NO3S/c1-3-5-6-7-8-9-10-20-13-16-22(25(30)31)23(24(20)26(27,28)29)18-19-11-14-21(15-12-19)34(32,33)17-4-2/h11-16H,3-10,17-18H2,1-2H3,(H2,30,31). The highest BCUT2D eigenvalue weighted by atomic mass is 32.2. The second-order valence-corrected chi connectivity index (χ2v) is 10.8. The molecular formula is C26H34F3NO3S. The quantitative estimate of drug-likeness (QED) is 0.322. The number of unbranched alkanes of at least 4 members (excludes halogenated alkanes) is 5. The van der Waals surface area contributed by atoms with Gasteiger partial charge in [-0.1, -0.05) is 64.2 Å². The summed E-state index contributed by atoms with van der Waals surface area (Å²) in [6.07, 6.45) is 1.64. The third-order valence-corrected chi connectivity index (χ3v) is 7.82. The maximum absolute atomic E-state index is 14.2. The summed E-state index contributed by atoms with van der Waals surface area (Å²) in [5.74, 6) is -0.926. The van der Waals surface area contributed by atoms with E-state index in [2.05, 4.69) is 6.92 Å². The van der Waals surface area contributed by atoms with Crippen LogP contribution in [0.25, 0.3) is 0 Å². The molecule has 0 fully saturated rings. The Morgan fingerprint density at radius 3 is 2.06 bits per heavy atom. The molecule has 4 nitrogen and oxygen atoms in total. The summed E-state index contributed by atoms with van der Waals surface area (Å²) >= 11 is 0. The normalized spacial score (nSPS) is 12.1. The number of hydrogen-bond donors (Lipinski definition) is 1. The van der Waals surface area contributed by atoms with Crippen LogP contribution in [0.2, 0.25) is 0 Å². The van der Waals surface area contributed by atoms with Crippen molar-refractivity contribution in [3.8, 4) is 0 Å². The van der Waals surface area contributed by atoms with Gasteiger partial charge in [-0.15, -0.1) is 0 Å². The van der Waals surface area contributed by atoms with Crippen molar-refractivity contribution in [3.63, 3.8) is 0 Å². The Balaban J connectivity index is 2.39. The number of hydrogen-bond acceptors (Lipinski definition) is 3. The fraction of sp³-hybridized carbons (Fsp3) is 0.500. The zero-order chi connectivity index (χ0) is 25.4. The van der Waals surface area contributed by atoms with E-state index in [0.29, 0.717) is 18.4 Å². The summed E-state index contributed by atoms with van der Waals surface area (Å²) in [5, 5.41) is 0. The number of benzene rings is 2. The molecule has 0 heterocycles. The van der Waals surface area contributed by atoms with E-state index in [9.17, 15) is 26.4 Å². The first-order valence-corrected chi connectivity index (χ1v) is 13.5. The number of sulfone groups is 1. The number of aryl methyl sites for hydroxylation is 1. The van der Waals surface area contributed by atoms with Crippen LogP contribution in [0, 0.1) is 0 Å². The molecule has 0 saturated heterocycles. The number of rotatable bonds is 13. The van der Waals surface area contributed by atoms with Crippen LogP contribution in [0.1, 0.15) is 91.4 Å². The minimum absolute atomic E-state index is 0.00309. The molecule has 2 N–H and O–H groups in total. The van der Waals surface area contributed by atoms with Gasteiger partial charge in [0.1, 0.15) is 0 Å². The number of carbonyl (C=O) groups excluding carboxylic acids is 1. The molecule has 2 aromatic carbocycles. The zero-order valence-electron chi connectivity index (χ0n) is 19.9. The lowest BCUT2D eigenvalue weighted by Crippen LogP contribution is -2.21. The van der Waals surface area contributed by atoms with E-state index in [1.165, 1.54) is 36.4 Å². The van der Waals surface area contributed by atoms with Crippen LogP contribution in [0.5, 0.6) is 0 Å². The van der Waals surface area contributed by atoms with Gasteiger partial charge in [0.25, 0.3) is 0 Å². The maximum atomic E-state index is 14.2. The van der Waals surface area contributed by atoms with Crippen molar-refractivity contribution in [1.29, 1.82) is 0 Å².